The van der Waals surface area contributed by atoms with Gasteiger partial charge in [-0.25, -0.2) is 4.39 Å². The first kappa shape index (κ1) is 19.8. The molecular formula is C21H23FN2O4. The summed E-state index contributed by atoms with van der Waals surface area (Å²) in [5.74, 6) is -0.0790. The molecule has 0 saturated carbocycles. The molecule has 1 heterocycles. The Kier molecular flexibility index (Phi) is 6.26. The highest BCUT2D eigenvalue weighted by Crippen LogP contribution is 2.30. The Morgan fingerprint density at radius 1 is 1.29 bits per heavy atom. The Hall–Kier alpha value is -2.93. The minimum absolute atomic E-state index is 0.0410. The van der Waals surface area contributed by atoms with Crippen molar-refractivity contribution in [1.82, 2.24) is 4.90 Å². The maximum atomic E-state index is 13.2. The zero-order chi connectivity index (χ0) is 20.1. The van der Waals surface area contributed by atoms with Crippen molar-refractivity contribution in [2.75, 3.05) is 19.0 Å². The van der Waals surface area contributed by atoms with Crippen LogP contribution in [0.25, 0.3) is 0 Å². The fraction of sp³-hybridized carbons (Fsp3) is 0.333. The second-order valence-corrected chi connectivity index (χ2v) is 6.64. The van der Waals surface area contributed by atoms with Gasteiger partial charge in [-0.3, -0.25) is 9.59 Å². The monoisotopic (exact) mass is 386 g/mol. The molecule has 2 amide bonds. The average molecular weight is 386 g/mol. The number of methoxy groups -OCH3 is 1. The van der Waals surface area contributed by atoms with Crippen LogP contribution in [0, 0.1) is 5.82 Å². The first-order valence-corrected chi connectivity index (χ1v) is 9.11. The van der Waals surface area contributed by atoms with Crippen LogP contribution in [0.2, 0.25) is 0 Å². The third kappa shape index (κ3) is 4.67. The third-order valence-electron chi connectivity index (χ3n) is 4.49. The topological polar surface area (TPSA) is 67.9 Å². The molecule has 0 saturated heterocycles. The van der Waals surface area contributed by atoms with Crippen molar-refractivity contribution in [3.63, 3.8) is 0 Å². The number of nitrogens with one attached hydrogen (secondary N) is 1. The fourth-order valence-electron chi connectivity index (χ4n) is 3.12. The van der Waals surface area contributed by atoms with Gasteiger partial charge in [0.25, 0.3) is 5.91 Å². The van der Waals surface area contributed by atoms with E-state index in [9.17, 15) is 14.0 Å². The van der Waals surface area contributed by atoms with Crippen molar-refractivity contribution >= 4 is 17.5 Å². The van der Waals surface area contributed by atoms with Gasteiger partial charge in [-0.05, 0) is 42.3 Å². The SMILES string of the molecule is CCC1Oc2ccc(NC(=O)COC)cc2CN(Cc2ccc(F)cc2)C1=O. The van der Waals surface area contributed by atoms with Crippen LogP contribution >= 0.6 is 0 Å². The van der Waals surface area contributed by atoms with E-state index in [0.29, 0.717) is 30.9 Å². The Morgan fingerprint density at radius 3 is 2.71 bits per heavy atom. The Balaban J connectivity index is 1.86. The maximum Gasteiger partial charge on any atom is 0.264 e. The van der Waals surface area contributed by atoms with E-state index in [1.165, 1.54) is 19.2 Å². The van der Waals surface area contributed by atoms with Gasteiger partial charge < -0.3 is 19.7 Å². The lowest BCUT2D eigenvalue weighted by Gasteiger charge is -2.23. The van der Waals surface area contributed by atoms with Gasteiger partial charge in [0.05, 0.1) is 0 Å². The van der Waals surface area contributed by atoms with Gasteiger partial charge in [0.1, 0.15) is 18.2 Å². The molecule has 2 aromatic carbocycles. The van der Waals surface area contributed by atoms with Crippen LogP contribution in [0.15, 0.2) is 42.5 Å². The van der Waals surface area contributed by atoms with Crippen LogP contribution in [0.4, 0.5) is 10.1 Å². The minimum atomic E-state index is -0.587. The van der Waals surface area contributed by atoms with E-state index >= 15 is 0 Å². The van der Waals surface area contributed by atoms with Gasteiger partial charge in [0.15, 0.2) is 6.10 Å². The highest BCUT2D eigenvalue weighted by molar-refractivity contribution is 5.92. The van der Waals surface area contributed by atoms with E-state index in [1.807, 2.05) is 6.92 Å². The molecule has 1 aliphatic heterocycles. The van der Waals surface area contributed by atoms with Crippen molar-refractivity contribution in [2.45, 2.75) is 32.5 Å². The predicted octanol–water partition coefficient (Wildman–Crippen LogP) is 3.11. The largest absolute Gasteiger partial charge is 0.480 e. The second-order valence-electron chi connectivity index (χ2n) is 6.64. The molecule has 0 fully saturated rings. The first-order chi connectivity index (χ1) is 13.5. The number of halogens is 1. The number of fused-ring (bicyclic) bond motifs is 1. The van der Waals surface area contributed by atoms with Crippen molar-refractivity contribution in [1.29, 1.82) is 0 Å². The normalized spacial score (nSPS) is 16.2. The zero-order valence-electron chi connectivity index (χ0n) is 15.9. The number of carbonyl (C=O) groups is 2. The molecule has 6 nitrogen and oxygen atoms in total. The van der Waals surface area contributed by atoms with Crippen LogP contribution in [0.1, 0.15) is 24.5 Å². The van der Waals surface area contributed by atoms with E-state index in [1.54, 1.807) is 35.2 Å². The molecule has 2 aromatic rings. The molecule has 1 atom stereocenters. The van der Waals surface area contributed by atoms with E-state index in [2.05, 4.69) is 5.32 Å². The van der Waals surface area contributed by atoms with Crippen LogP contribution in [-0.2, 0) is 27.4 Å². The Morgan fingerprint density at radius 2 is 2.04 bits per heavy atom. The number of hydrogen-bond acceptors (Lipinski definition) is 4. The van der Waals surface area contributed by atoms with Crippen molar-refractivity contribution in [2.24, 2.45) is 0 Å². The molecule has 0 aromatic heterocycles. The molecule has 0 spiro atoms. The van der Waals surface area contributed by atoms with Gasteiger partial charge in [-0.15, -0.1) is 0 Å². The number of amides is 2. The van der Waals surface area contributed by atoms with Crippen LogP contribution in [0.3, 0.4) is 0 Å². The molecule has 1 unspecified atom stereocenters. The summed E-state index contributed by atoms with van der Waals surface area (Å²) in [6.45, 7) is 2.53. The van der Waals surface area contributed by atoms with Crippen LogP contribution < -0.4 is 10.1 Å². The summed E-state index contributed by atoms with van der Waals surface area (Å²) < 4.78 is 23.9. The quantitative estimate of drug-likeness (QED) is 0.828. The van der Waals surface area contributed by atoms with E-state index < -0.39 is 6.10 Å². The average Bonchev–Trinajstić information content (AvgIpc) is 2.80. The summed E-state index contributed by atoms with van der Waals surface area (Å²) in [6, 6.07) is 11.4. The summed E-state index contributed by atoms with van der Waals surface area (Å²) in [7, 11) is 1.45. The fourth-order valence-corrected chi connectivity index (χ4v) is 3.12. The lowest BCUT2D eigenvalue weighted by Crippen LogP contribution is -2.38. The molecule has 1 N–H and O–H groups in total. The summed E-state index contributed by atoms with van der Waals surface area (Å²) in [5, 5.41) is 2.76. The molecule has 3 rings (SSSR count). The summed E-state index contributed by atoms with van der Waals surface area (Å²) in [5.41, 5.74) is 2.23. The van der Waals surface area contributed by atoms with E-state index in [4.69, 9.17) is 9.47 Å². The number of anilines is 1. The maximum absolute atomic E-state index is 13.2. The lowest BCUT2D eigenvalue weighted by molar-refractivity contribution is -0.139. The lowest BCUT2D eigenvalue weighted by atomic mass is 10.1. The van der Waals surface area contributed by atoms with Gasteiger partial charge >= 0.3 is 0 Å². The van der Waals surface area contributed by atoms with Crippen molar-refractivity contribution in [3.8, 4) is 5.75 Å². The van der Waals surface area contributed by atoms with Gasteiger partial charge in [-0.2, -0.15) is 0 Å². The minimum Gasteiger partial charge on any atom is -0.480 e. The van der Waals surface area contributed by atoms with E-state index in [0.717, 1.165) is 11.1 Å². The molecule has 28 heavy (non-hydrogen) atoms. The van der Waals surface area contributed by atoms with Gasteiger partial charge in [0.2, 0.25) is 5.91 Å². The predicted molar refractivity (Wildman–Crippen MR) is 102 cm³/mol. The number of rotatable bonds is 6. The molecule has 7 heteroatoms. The van der Waals surface area contributed by atoms with Gasteiger partial charge in [0, 0.05) is 31.5 Å². The highest BCUT2D eigenvalue weighted by Gasteiger charge is 2.30. The first-order valence-electron chi connectivity index (χ1n) is 9.11. The molecular weight excluding hydrogens is 363 g/mol. The molecule has 0 bridgehead atoms. The summed E-state index contributed by atoms with van der Waals surface area (Å²) in [6.07, 6.45) is -0.0551. The van der Waals surface area contributed by atoms with Crippen molar-refractivity contribution in [3.05, 3.63) is 59.4 Å². The summed E-state index contributed by atoms with van der Waals surface area (Å²) >= 11 is 0. The number of hydrogen-bond donors (Lipinski definition) is 1. The number of nitrogens with zero attached hydrogens (tertiary/aromatic N) is 1. The molecule has 148 valence electrons. The smallest absolute Gasteiger partial charge is 0.264 e. The number of carbonyl (C=O) groups excluding carboxylic acids is 2. The molecule has 1 aliphatic rings. The zero-order valence-corrected chi connectivity index (χ0v) is 15.9. The summed E-state index contributed by atoms with van der Waals surface area (Å²) in [4.78, 5) is 26.4. The van der Waals surface area contributed by atoms with Crippen LogP contribution in [-0.4, -0.2) is 36.5 Å². The van der Waals surface area contributed by atoms with Gasteiger partial charge in [-0.1, -0.05) is 19.1 Å². The number of benzene rings is 2. The third-order valence-corrected chi connectivity index (χ3v) is 4.49. The number of ether oxygens (including phenoxy) is 2. The van der Waals surface area contributed by atoms with Crippen LogP contribution in [0.5, 0.6) is 5.75 Å². The second kappa shape index (κ2) is 8.84. The Labute approximate surface area is 163 Å². The standard InChI is InChI=1S/C21H23FN2O4/c1-3-18-21(26)24(11-14-4-6-16(22)7-5-14)12-15-10-17(8-9-19(15)28-18)23-20(25)13-27-2/h4-10,18H,3,11-13H2,1-2H3,(H,23,25). The van der Waals surface area contributed by atoms with Crippen molar-refractivity contribution < 1.29 is 23.5 Å². The van der Waals surface area contributed by atoms with E-state index in [-0.39, 0.29) is 24.2 Å². The molecule has 0 aliphatic carbocycles. The highest BCUT2D eigenvalue weighted by atomic mass is 19.1. The Bertz CT molecular complexity index is 854. The molecule has 0 radical (unpaired) electrons.